The summed E-state index contributed by atoms with van der Waals surface area (Å²) in [5.41, 5.74) is 0.0792. The second-order valence-electron chi connectivity index (χ2n) is 5.15. The number of aliphatic hydroxyl groups is 1. The monoisotopic (exact) mass is 263 g/mol. The van der Waals surface area contributed by atoms with Gasteiger partial charge in [-0.15, -0.1) is 10.2 Å². The number of hydrogen-bond donors (Lipinski definition) is 1. The van der Waals surface area contributed by atoms with Crippen molar-refractivity contribution in [1.29, 1.82) is 0 Å². The Labute approximate surface area is 109 Å². The molecule has 100 valence electrons. The zero-order valence-electron chi connectivity index (χ0n) is 10.5. The van der Waals surface area contributed by atoms with E-state index in [1.54, 1.807) is 19.1 Å². The number of likely N-dealkylation sites (tertiary alicyclic amines) is 1. The molecule has 0 saturated carbocycles. The second-order valence-corrected chi connectivity index (χ2v) is 5.15. The summed E-state index contributed by atoms with van der Waals surface area (Å²) in [5, 5.41) is 17.5. The number of β-amino-alcohol motifs (C(OH)–C–C–N with tert-alkyl or cyclic N) is 1. The maximum absolute atomic E-state index is 12.8. The van der Waals surface area contributed by atoms with Crippen LogP contribution in [0.15, 0.2) is 28.7 Å². The van der Waals surface area contributed by atoms with Crippen LogP contribution < -0.4 is 0 Å². The molecule has 1 saturated heterocycles. The van der Waals surface area contributed by atoms with Gasteiger partial charge in [-0.2, -0.15) is 0 Å². The maximum Gasteiger partial charge on any atom is 0.247 e. The molecule has 19 heavy (non-hydrogen) atoms. The molecule has 0 atom stereocenters. The lowest BCUT2D eigenvalue weighted by Gasteiger charge is -2.43. The lowest BCUT2D eigenvalue weighted by molar-refractivity contribution is -0.0896. The van der Waals surface area contributed by atoms with E-state index in [1.165, 1.54) is 12.1 Å². The minimum absolute atomic E-state index is 0.300. The van der Waals surface area contributed by atoms with Crippen LogP contribution in [0.3, 0.4) is 0 Å². The number of hydrogen-bond acceptors (Lipinski definition) is 5. The van der Waals surface area contributed by atoms with Crippen LogP contribution in [0.1, 0.15) is 12.8 Å². The molecule has 0 unspecified atom stereocenters. The molecular formula is C13H14FN3O2. The van der Waals surface area contributed by atoms with E-state index in [1.807, 2.05) is 4.90 Å². The lowest BCUT2D eigenvalue weighted by Crippen LogP contribution is -2.59. The number of rotatable bonds is 3. The van der Waals surface area contributed by atoms with Gasteiger partial charge in [-0.1, -0.05) is 0 Å². The predicted octanol–water partition coefficient (Wildman–Crippen LogP) is 1.44. The van der Waals surface area contributed by atoms with Crippen LogP contribution in [0.25, 0.3) is 11.5 Å². The van der Waals surface area contributed by atoms with Crippen molar-refractivity contribution in [2.24, 2.45) is 0 Å². The van der Waals surface area contributed by atoms with Crippen LogP contribution in [0.4, 0.5) is 4.39 Å². The molecule has 1 aliphatic rings. The maximum atomic E-state index is 12.8. The highest BCUT2D eigenvalue weighted by Crippen LogP contribution is 2.23. The Kier molecular flexibility index (Phi) is 2.83. The van der Waals surface area contributed by atoms with Gasteiger partial charge in [0, 0.05) is 18.7 Å². The molecule has 3 rings (SSSR count). The van der Waals surface area contributed by atoms with Gasteiger partial charge in [0.1, 0.15) is 5.82 Å². The summed E-state index contributed by atoms with van der Waals surface area (Å²) in [5.74, 6) is 0.573. The Hall–Kier alpha value is -1.79. The third-order valence-corrected chi connectivity index (χ3v) is 3.05. The Morgan fingerprint density at radius 1 is 1.32 bits per heavy atom. The number of aromatic nitrogens is 2. The van der Waals surface area contributed by atoms with Crippen molar-refractivity contribution in [2.45, 2.75) is 19.1 Å². The quantitative estimate of drug-likeness (QED) is 0.908. The van der Waals surface area contributed by atoms with Gasteiger partial charge in [-0.25, -0.2) is 4.39 Å². The summed E-state index contributed by atoms with van der Waals surface area (Å²) in [6, 6.07) is 5.90. The first-order chi connectivity index (χ1) is 9.02. The van der Waals surface area contributed by atoms with Gasteiger partial charge in [0.25, 0.3) is 0 Å². The molecule has 0 aliphatic carbocycles. The molecule has 0 amide bonds. The van der Waals surface area contributed by atoms with Crippen molar-refractivity contribution in [3.8, 4) is 11.5 Å². The Bertz CT molecular complexity index is 572. The predicted molar refractivity (Wildman–Crippen MR) is 65.6 cm³/mol. The molecule has 0 radical (unpaired) electrons. The highest BCUT2D eigenvalue weighted by atomic mass is 19.1. The van der Waals surface area contributed by atoms with E-state index in [0.717, 1.165) is 0 Å². The first kappa shape index (κ1) is 12.3. The standard InChI is InChI=1S/C13H14FN3O2/c1-13(18)7-17(8-13)6-11-15-16-12(19-11)9-2-4-10(14)5-3-9/h2-5,18H,6-8H2,1H3. The van der Waals surface area contributed by atoms with Gasteiger partial charge in [0.05, 0.1) is 12.1 Å². The molecule has 1 aliphatic heterocycles. The molecule has 1 aromatic carbocycles. The topological polar surface area (TPSA) is 62.4 Å². The van der Waals surface area contributed by atoms with Gasteiger partial charge in [0.2, 0.25) is 11.8 Å². The number of nitrogens with zero attached hydrogens (tertiary/aromatic N) is 3. The summed E-state index contributed by atoms with van der Waals surface area (Å²) in [6.07, 6.45) is 0. The highest BCUT2D eigenvalue weighted by molar-refractivity contribution is 5.51. The van der Waals surface area contributed by atoms with Crippen molar-refractivity contribution in [2.75, 3.05) is 13.1 Å². The van der Waals surface area contributed by atoms with E-state index in [0.29, 0.717) is 37.0 Å². The molecule has 2 heterocycles. The van der Waals surface area contributed by atoms with Gasteiger partial charge < -0.3 is 9.52 Å². The fourth-order valence-corrected chi connectivity index (χ4v) is 2.25. The molecule has 0 spiro atoms. The average Bonchev–Trinajstić information content (AvgIpc) is 2.76. The van der Waals surface area contributed by atoms with Crippen molar-refractivity contribution in [3.63, 3.8) is 0 Å². The largest absolute Gasteiger partial charge is 0.419 e. The summed E-state index contributed by atoms with van der Waals surface area (Å²) < 4.78 is 18.3. The molecule has 1 N–H and O–H groups in total. The van der Waals surface area contributed by atoms with Crippen LogP contribution in [-0.2, 0) is 6.54 Å². The molecule has 0 bridgehead atoms. The third-order valence-electron chi connectivity index (χ3n) is 3.05. The zero-order chi connectivity index (χ0) is 13.5. The number of halogens is 1. The molecule has 2 aromatic rings. The average molecular weight is 263 g/mol. The van der Waals surface area contributed by atoms with Gasteiger partial charge in [0.15, 0.2) is 0 Å². The highest BCUT2D eigenvalue weighted by Gasteiger charge is 2.36. The van der Waals surface area contributed by atoms with Gasteiger partial charge in [-0.3, -0.25) is 4.90 Å². The van der Waals surface area contributed by atoms with Crippen molar-refractivity contribution in [3.05, 3.63) is 36.0 Å². The van der Waals surface area contributed by atoms with Crippen LogP contribution >= 0.6 is 0 Å². The summed E-state index contributed by atoms with van der Waals surface area (Å²) in [4.78, 5) is 2.02. The Morgan fingerprint density at radius 2 is 2.00 bits per heavy atom. The van der Waals surface area contributed by atoms with Crippen molar-refractivity contribution in [1.82, 2.24) is 15.1 Å². The minimum Gasteiger partial charge on any atom is -0.419 e. The SMILES string of the molecule is CC1(O)CN(Cc2nnc(-c3ccc(F)cc3)o2)C1. The van der Waals surface area contributed by atoms with Crippen molar-refractivity contribution < 1.29 is 13.9 Å². The third kappa shape index (κ3) is 2.64. The van der Waals surface area contributed by atoms with E-state index < -0.39 is 5.60 Å². The molecule has 6 heteroatoms. The summed E-state index contributed by atoms with van der Waals surface area (Å²) in [7, 11) is 0. The molecule has 1 fully saturated rings. The smallest absolute Gasteiger partial charge is 0.247 e. The van der Waals surface area contributed by atoms with Crippen LogP contribution in [0.2, 0.25) is 0 Å². The fraction of sp³-hybridized carbons (Fsp3) is 0.385. The van der Waals surface area contributed by atoms with E-state index >= 15 is 0 Å². The van der Waals surface area contributed by atoms with E-state index in [2.05, 4.69) is 10.2 Å². The minimum atomic E-state index is -0.611. The fourth-order valence-electron chi connectivity index (χ4n) is 2.25. The number of benzene rings is 1. The Morgan fingerprint density at radius 3 is 2.63 bits per heavy atom. The van der Waals surface area contributed by atoms with Crippen LogP contribution in [0.5, 0.6) is 0 Å². The van der Waals surface area contributed by atoms with Crippen LogP contribution in [-0.4, -0.2) is 38.9 Å². The van der Waals surface area contributed by atoms with E-state index in [4.69, 9.17) is 4.42 Å². The molecular weight excluding hydrogens is 249 g/mol. The zero-order valence-corrected chi connectivity index (χ0v) is 10.5. The summed E-state index contributed by atoms with van der Waals surface area (Å²) in [6.45, 7) is 3.51. The van der Waals surface area contributed by atoms with E-state index in [9.17, 15) is 9.50 Å². The van der Waals surface area contributed by atoms with Gasteiger partial charge >= 0.3 is 0 Å². The Balaban J connectivity index is 1.68. The first-order valence-corrected chi connectivity index (χ1v) is 6.05. The van der Waals surface area contributed by atoms with E-state index in [-0.39, 0.29) is 5.82 Å². The normalized spacial score (nSPS) is 18.3. The van der Waals surface area contributed by atoms with Gasteiger partial charge in [-0.05, 0) is 31.2 Å². The summed E-state index contributed by atoms with van der Waals surface area (Å²) >= 11 is 0. The lowest BCUT2D eigenvalue weighted by atomic mass is 9.97. The molecule has 1 aromatic heterocycles. The molecule has 5 nitrogen and oxygen atoms in total. The van der Waals surface area contributed by atoms with Crippen molar-refractivity contribution >= 4 is 0 Å². The first-order valence-electron chi connectivity index (χ1n) is 6.05. The second kappa shape index (κ2) is 4.40. The van der Waals surface area contributed by atoms with Crippen LogP contribution in [0, 0.1) is 5.82 Å².